The summed E-state index contributed by atoms with van der Waals surface area (Å²) in [5.74, 6) is 0.739. The van der Waals surface area contributed by atoms with Crippen LogP contribution in [0.15, 0.2) is 18.2 Å². The highest BCUT2D eigenvalue weighted by Crippen LogP contribution is 2.25. The number of carbonyl (C=O) groups excluding carboxylic acids is 1. The van der Waals surface area contributed by atoms with Gasteiger partial charge in [0.1, 0.15) is 11.4 Å². The van der Waals surface area contributed by atoms with Gasteiger partial charge in [0.15, 0.2) is 0 Å². The smallest absolute Gasteiger partial charge is 0.407 e. The first-order chi connectivity index (χ1) is 9.96. The molecule has 5 nitrogen and oxygen atoms in total. The molecule has 0 unspecified atom stereocenters. The second kappa shape index (κ2) is 7.04. The van der Waals surface area contributed by atoms with Crippen LogP contribution in [0.4, 0.5) is 10.5 Å². The third-order valence-electron chi connectivity index (χ3n) is 2.57. The van der Waals surface area contributed by atoms with Crippen LogP contribution in [0.2, 0.25) is 19.6 Å². The summed E-state index contributed by atoms with van der Waals surface area (Å²) in [4.78, 5) is 11.6. The molecule has 0 radical (unpaired) electrons. The van der Waals surface area contributed by atoms with E-state index in [1.54, 1.807) is 0 Å². The maximum atomic E-state index is 11.6. The number of nitrogen functional groups attached to an aromatic ring is 1. The zero-order valence-corrected chi connectivity index (χ0v) is 15.4. The number of carbonyl (C=O) groups is 1. The van der Waals surface area contributed by atoms with Gasteiger partial charge in [0.05, 0.1) is 5.69 Å². The Balaban J connectivity index is 2.51. The van der Waals surface area contributed by atoms with E-state index in [0.29, 0.717) is 18.7 Å². The Labute approximate surface area is 134 Å². The second-order valence-electron chi connectivity index (χ2n) is 7.27. The predicted molar refractivity (Wildman–Crippen MR) is 92.8 cm³/mol. The van der Waals surface area contributed by atoms with Crippen LogP contribution >= 0.6 is 0 Å². The Bertz CT molecular complexity index is 519. The van der Waals surface area contributed by atoms with Gasteiger partial charge in [0.25, 0.3) is 0 Å². The van der Waals surface area contributed by atoms with Gasteiger partial charge in [-0.15, -0.1) is 0 Å². The average molecular weight is 324 g/mol. The molecular weight excluding hydrogens is 296 g/mol. The van der Waals surface area contributed by atoms with Crippen molar-refractivity contribution < 1.29 is 14.0 Å². The van der Waals surface area contributed by atoms with Crippen LogP contribution in [0.25, 0.3) is 0 Å². The fraction of sp³-hybridized carbons (Fsp3) is 0.562. The molecule has 0 saturated heterocycles. The van der Waals surface area contributed by atoms with Crippen molar-refractivity contribution in [3.05, 3.63) is 23.8 Å². The molecule has 124 valence electrons. The molecule has 0 heterocycles. The minimum atomic E-state index is -1.66. The zero-order chi connectivity index (χ0) is 17.0. The van der Waals surface area contributed by atoms with E-state index in [2.05, 4.69) is 25.0 Å². The van der Waals surface area contributed by atoms with E-state index in [1.165, 1.54) is 0 Å². The number of nitrogens with one attached hydrogen (secondary N) is 1. The molecule has 1 aromatic carbocycles. The van der Waals surface area contributed by atoms with Crippen molar-refractivity contribution in [1.29, 1.82) is 0 Å². The molecule has 22 heavy (non-hydrogen) atoms. The van der Waals surface area contributed by atoms with Crippen molar-refractivity contribution in [2.75, 3.05) is 12.3 Å². The van der Waals surface area contributed by atoms with Crippen LogP contribution in [-0.4, -0.2) is 26.6 Å². The molecule has 0 spiro atoms. The number of alkyl carbamates (subject to hydrolysis) is 1. The van der Waals surface area contributed by atoms with E-state index < -0.39 is 20.0 Å². The van der Waals surface area contributed by atoms with Gasteiger partial charge in [0.2, 0.25) is 8.32 Å². The van der Waals surface area contributed by atoms with Crippen molar-refractivity contribution in [2.24, 2.45) is 0 Å². The van der Waals surface area contributed by atoms with Crippen LogP contribution in [-0.2, 0) is 11.2 Å². The van der Waals surface area contributed by atoms with Crippen LogP contribution in [0.3, 0.4) is 0 Å². The van der Waals surface area contributed by atoms with E-state index in [4.69, 9.17) is 14.9 Å². The van der Waals surface area contributed by atoms with Crippen molar-refractivity contribution in [3.8, 4) is 5.75 Å². The predicted octanol–water partition coefficient (Wildman–Crippen LogP) is 3.55. The molecular formula is C16H28N2O3Si. The second-order valence-corrected chi connectivity index (χ2v) is 11.7. The number of hydrogen-bond acceptors (Lipinski definition) is 4. The molecule has 1 rings (SSSR count). The largest absolute Gasteiger partial charge is 0.543 e. The lowest BCUT2D eigenvalue weighted by atomic mass is 10.1. The minimum Gasteiger partial charge on any atom is -0.543 e. The number of rotatable bonds is 5. The Morgan fingerprint density at radius 2 is 1.91 bits per heavy atom. The fourth-order valence-electron chi connectivity index (χ4n) is 1.80. The fourth-order valence-corrected chi connectivity index (χ4v) is 2.64. The number of anilines is 1. The van der Waals surface area contributed by atoms with E-state index in [1.807, 2.05) is 39.0 Å². The lowest BCUT2D eigenvalue weighted by Gasteiger charge is -2.21. The first kappa shape index (κ1) is 18.4. The summed E-state index contributed by atoms with van der Waals surface area (Å²) in [6.45, 7) is 12.4. The first-order valence-corrected chi connectivity index (χ1v) is 10.9. The zero-order valence-electron chi connectivity index (χ0n) is 14.4. The molecule has 6 heteroatoms. The van der Waals surface area contributed by atoms with Crippen LogP contribution in [0.5, 0.6) is 5.75 Å². The van der Waals surface area contributed by atoms with E-state index in [0.717, 1.165) is 11.3 Å². The van der Waals surface area contributed by atoms with Crippen molar-refractivity contribution >= 4 is 20.1 Å². The summed E-state index contributed by atoms with van der Waals surface area (Å²) < 4.78 is 11.1. The van der Waals surface area contributed by atoms with Gasteiger partial charge in [0, 0.05) is 6.54 Å². The summed E-state index contributed by atoms with van der Waals surface area (Å²) >= 11 is 0. The van der Waals surface area contributed by atoms with Gasteiger partial charge in [-0.3, -0.25) is 0 Å². The maximum absolute atomic E-state index is 11.6. The Morgan fingerprint density at radius 3 is 2.41 bits per heavy atom. The van der Waals surface area contributed by atoms with Gasteiger partial charge in [-0.2, -0.15) is 0 Å². The highest BCUT2D eigenvalue weighted by Gasteiger charge is 2.18. The number of nitrogens with two attached hydrogens (primary N) is 1. The van der Waals surface area contributed by atoms with Gasteiger partial charge in [-0.1, -0.05) is 6.07 Å². The first-order valence-electron chi connectivity index (χ1n) is 7.50. The summed E-state index contributed by atoms with van der Waals surface area (Å²) in [5, 5.41) is 2.73. The normalized spacial score (nSPS) is 11.9. The van der Waals surface area contributed by atoms with Crippen molar-refractivity contribution in [3.63, 3.8) is 0 Å². The SMILES string of the molecule is CC(C)(C)OC(=O)NCCc1ccc(O[Si](C)(C)C)c(N)c1. The average Bonchev–Trinajstić information content (AvgIpc) is 2.28. The third kappa shape index (κ3) is 7.35. The van der Waals surface area contributed by atoms with Gasteiger partial charge in [-0.25, -0.2) is 4.79 Å². The van der Waals surface area contributed by atoms with Crippen molar-refractivity contribution in [2.45, 2.75) is 52.4 Å². The Kier molecular flexibility index (Phi) is 5.88. The molecule has 0 atom stereocenters. The van der Waals surface area contributed by atoms with Gasteiger partial charge in [-0.05, 0) is 64.5 Å². The topological polar surface area (TPSA) is 73.6 Å². The molecule has 0 fully saturated rings. The summed E-state index contributed by atoms with van der Waals surface area (Å²) in [6.07, 6.45) is 0.288. The minimum absolute atomic E-state index is 0.404. The lowest BCUT2D eigenvalue weighted by Crippen LogP contribution is -2.33. The highest BCUT2D eigenvalue weighted by molar-refractivity contribution is 6.70. The summed E-state index contributed by atoms with van der Waals surface area (Å²) in [6, 6.07) is 5.77. The lowest BCUT2D eigenvalue weighted by molar-refractivity contribution is 0.0528. The van der Waals surface area contributed by atoms with Crippen LogP contribution < -0.4 is 15.5 Å². The molecule has 0 bridgehead atoms. The maximum Gasteiger partial charge on any atom is 0.407 e. The Hall–Kier alpha value is -1.69. The van der Waals surface area contributed by atoms with E-state index >= 15 is 0 Å². The van der Waals surface area contributed by atoms with E-state index in [9.17, 15) is 4.79 Å². The number of hydrogen-bond donors (Lipinski definition) is 2. The Morgan fingerprint density at radius 1 is 1.27 bits per heavy atom. The van der Waals surface area contributed by atoms with Crippen molar-refractivity contribution in [1.82, 2.24) is 5.32 Å². The molecule has 1 amide bonds. The quantitative estimate of drug-likeness (QED) is 0.641. The van der Waals surface area contributed by atoms with Crippen LogP contribution in [0, 0.1) is 0 Å². The molecule has 0 saturated carbocycles. The molecule has 1 aromatic rings. The van der Waals surface area contributed by atoms with E-state index in [-0.39, 0.29) is 0 Å². The van der Waals surface area contributed by atoms with Crippen LogP contribution in [0.1, 0.15) is 26.3 Å². The van der Waals surface area contributed by atoms with Gasteiger partial charge < -0.3 is 20.2 Å². The molecule has 0 aliphatic rings. The molecule has 0 aromatic heterocycles. The highest BCUT2D eigenvalue weighted by atomic mass is 28.4. The standard InChI is InChI=1S/C16H28N2O3Si/c1-16(2,3)20-15(19)18-10-9-12-7-8-14(13(17)11-12)21-22(4,5)6/h7-8,11H,9-10,17H2,1-6H3,(H,18,19). The molecule has 0 aliphatic heterocycles. The van der Waals surface area contributed by atoms with Gasteiger partial charge >= 0.3 is 6.09 Å². The third-order valence-corrected chi connectivity index (χ3v) is 3.40. The number of ether oxygens (including phenoxy) is 1. The monoisotopic (exact) mass is 324 g/mol. The summed E-state index contributed by atoms with van der Waals surface area (Å²) in [5.41, 5.74) is 7.24. The summed E-state index contributed by atoms with van der Waals surface area (Å²) in [7, 11) is -1.66. The molecule has 3 N–H and O–H groups in total. The number of amides is 1. The molecule has 0 aliphatic carbocycles. The number of benzene rings is 1.